The van der Waals surface area contributed by atoms with Gasteiger partial charge >= 0.3 is 11.3 Å². The SMILES string of the molecule is CCc1n[n+]([O-])c2cc3c(cc2[n+]1[O-])CC(CCO)C3.CCc1nc2cc3c(cc2[n+]([O-])n1)CC(CCO)C3.CCc1nc2cc3c(cc2[n+]([O-])n1)CC(CCOC1CCCCO1)C3.Nc1nc2cc3c(cc2[n+]([O-])n1)CC(CCO)C3.[O-][n+]1nc(I)nc2cc3c(cc21)CC(CCO)C3.[O-][n+]1nc(I)nc2cc3c(cc21)CC(CCOC1CCCCO1)C3. The van der Waals surface area contributed by atoms with Crippen LogP contribution in [0.5, 0.6) is 0 Å². The number of aliphatic hydroxyl groups excluding tert-OH is 4. The minimum absolute atomic E-state index is 0.0117. The Balaban J connectivity index is 0.000000116. The minimum atomic E-state index is -0.0121. The molecule has 6 aliphatic carbocycles. The van der Waals surface area contributed by atoms with E-state index < -0.39 is 0 Å². The van der Waals surface area contributed by atoms with E-state index in [9.17, 15) is 36.5 Å². The van der Waals surface area contributed by atoms with Crippen molar-refractivity contribution in [1.82, 2.24) is 55.5 Å². The van der Waals surface area contributed by atoms with Gasteiger partial charge in [0.25, 0.3) is 41.2 Å². The van der Waals surface area contributed by atoms with Crippen LogP contribution in [0.3, 0.4) is 0 Å². The molecule has 124 heavy (non-hydrogen) atoms. The summed E-state index contributed by atoms with van der Waals surface area (Å²) in [5.41, 5.74) is 26.9. The van der Waals surface area contributed by atoms with E-state index >= 15 is 0 Å². The summed E-state index contributed by atoms with van der Waals surface area (Å²) in [6.45, 7) is 9.63. The maximum Gasteiger partial charge on any atom is 0.376 e. The van der Waals surface area contributed by atoms with Gasteiger partial charge in [-0.15, -0.1) is 0 Å². The van der Waals surface area contributed by atoms with E-state index in [-0.39, 0.29) is 50.8 Å². The van der Waals surface area contributed by atoms with Crippen molar-refractivity contribution in [2.75, 3.05) is 58.6 Å². The molecule has 8 aliphatic rings. The van der Waals surface area contributed by atoms with Crippen LogP contribution in [0.1, 0.15) is 182 Å². The fourth-order valence-corrected chi connectivity index (χ4v) is 19.5. The van der Waals surface area contributed by atoms with E-state index in [1.54, 1.807) is 13.0 Å². The van der Waals surface area contributed by atoms with Crippen LogP contribution in [0.2, 0.25) is 0 Å². The molecular weight excluding hydrogens is 1820 g/mol. The van der Waals surface area contributed by atoms with E-state index in [4.69, 9.17) is 45.1 Å². The minimum Gasteiger partial charge on any atom is -0.710 e. The lowest BCUT2D eigenvalue weighted by molar-refractivity contribution is -0.685. The molecule has 8 unspecified atom stereocenters. The van der Waals surface area contributed by atoms with Gasteiger partial charge in [0, 0.05) is 154 Å². The van der Waals surface area contributed by atoms with Crippen LogP contribution in [0.15, 0.2) is 72.8 Å². The van der Waals surface area contributed by atoms with E-state index in [0.717, 1.165) is 211 Å². The lowest BCUT2D eigenvalue weighted by Gasteiger charge is -2.23. The second-order valence-corrected chi connectivity index (χ2v) is 35.5. The van der Waals surface area contributed by atoms with Crippen molar-refractivity contribution < 1.29 is 73.2 Å². The van der Waals surface area contributed by atoms with Crippen molar-refractivity contribution in [2.45, 2.75) is 207 Å². The fraction of sp³-hybridized carbons (Fsp3) is 0.523. The number of nitrogen functional groups attached to an aromatic ring is 1. The molecule has 20 rings (SSSR count). The highest BCUT2D eigenvalue weighted by Gasteiger charge is 2.33. The Morgan fingerprint density at radius 2 is 0.629 bits per heavy atom. The number of nitrogens with two attached hydrogens (primary N) is 1. The standard InChI is InChI=1S/C19H25N3O3.C17H20IN3O3.C14H17N3O3.C14H17N3O2.C12H12IN3O2.C12H14N4O2/c1-2-18-20-16-11-14-9-13(6-8-25-19-5-3-4-7-24-19)10-15(14)12-17(16)22(23)21-18;18-17-19-14-9-12-7-11(4-6-24-16-3-1-2-5-23-16)8-13(12)10-15(14)21(22)20-17;1-2-14-15-17(20)13-8-11-6-9(3-4-18)5-10(11)7-12(13)16(14)19;1-2-14-15-12-7-10-5-9(3-4-18)6-11(10)8-13(12)17(19)16-14;2*13-12-14-10-5-8-3-7(1-2-17)4-9(8)6-11(10)16(18)15-12/h11-13,19H,2-10H2,1H3;9-11,16H,1-8H2;7-9,18H,2-6H2,1H3;7-9,18H,2-6H2,1H3;5-7,17H,1-4H2;5-7,17H,1-4H2,(H2,13,14,15). The van der Waals surface area contributed by atoms with Crippen LogP contribution >= 0.6 is 45.2 Å². The van der Waals surface area contributed by atoms with Gasteiger partial charge in [-0.05, 0) is 317 Å². The predicted molar refractivity (Wildman–Crippen MR) is 471 cm³/mol. The third-order valence-corrected chi connectivity index (χ3v) is 25.8. The number of anilines is 1. The Labute approximate surface area is 743 Å². The number of halogens is 2. The summed E-state index contributed by atoms with van der Waals surface area (Å²) in [5.74, 6) is 4.33. The zero-order valence-electron chi connectivity index (χ0n) is 70.0. The third-order valence-electron chi connectivity index (χ3n) is 24.9. The number of hydrogen-bond acceptors (Lipinski definition) is 27. The summed E-state index contributed by atoms with van der Waals surface area (Å²) in [6.07, 6.45) is 25.0. The highest BCUT2D eigenvalue weighted by atomic mass is 127. The first-order valence-corrected chi connectivity index (χ1v) is 45.5. The summed E-state index contributed by atoms with van der Waals surface area (Å²) >= 11 is 3.92. The predicted octanol–water partition coefficient (Wildman–Crippen LogP) is 6.98. The molecule has 0 saturated carbocycles. The number of benzene rings is 6. The van der Waals surface area contributed by atoms with Gasteiger partial charge < -0.3 is 81.6 Å². The summed E-state index contributed by atoms with van der Waals surface area (Å²) < 4.78 is 24.6. The van der Waals surface area contributed by atoms with Gasteiger partial charge in [-0.3, -0.25) is 0 Å². The molecule has 0 radical (unpaired) electrons. The van der Waals surface area contributed by atoms with Gasteiger partial charge in [0.05, 0.1) is 29.6 Å². The lowest BCUT2D eigenvalue weighted by Crippen LogP contribution is -2.45. The normalized spacial score (nSPS) is 20.1. The topological polar surface area (TPSA) is 474 Å². The largest absolute Gasteiger partial charge is 0.710 e. The van der Waals surface area contributed by atoms with Gasteiger partial charge in [0.15, 0.2) is 24.2 Å². The molecule has 656 valence electrons. The van der Waals surface area contributed by atoms with Gasteiger partial charge in [0.2, 0.25) is 10.6 Å². The summed E-state index contributed by atoms with van der Waals surface area (Å²) in [5, 5.41) is 142. The van der Waals surface area contributed by atoms with Crippen LogP contribution in [0.4, 0.5) is 5.95 Å². The van der Waals surface area contributed by atoms with Crippen molar-refractivity contribution in [3.63, 3.8) is 0 Å². The number of hydrogen-bond donors (Lipinski definition) is 5. The lowest BCUT2D eigenvalue weighted by atomic mass is 10.0. The fourth-order valence-electron chi connectivity index (χ4n) is 18.6. The summed E-state index contributed by atoms with van der Waals surface area (Å²) in [6, 6.07) is 23.2. The second kappa shape index (κ2) is 40.8. The first-order valence-electron chi connectivity index (χ1n) is 43.4. The molecule has 2 saturated heterocycles. The molecule has 2 aliphatic heterocycles. The van der Waals surface area contributed by atoms with Gasteiger partial charge in [-0.1, -0.05) is 20.8 Å². The van der Waals surface area contributed by atoms with Crippen molar-refractivity contribution in [3.8, 4) is 0 Å². The van der Waals surface area contributed by atoms with Crippen LogP contribution in [0, 0.1) is 79.6 Å². The molecule has 8 heterocycles. The number of aryl methyl sites for hydroxylation is 3. The van der Waals surface area contributed by atoms with Gasteiger partial charge in [-0.25, -0.2) is 29.7 Å². The maximum absolute atomic E-state index is 12.2. The molecule has 6 aromatic carbocycles. The Morgan fingerprint density at radius 3 is 0.944 bits per heavy atom. The van der Waals surface area contributed by atoms with E-state index in [1.807, 2.05) is 120 Å². The highest BCUT2D eigenvalue weighted by Crippen LogP contribution is 2.38. The molecule has 6 aromatic heterocycles. The van der Waals surface area contributed by atoms with Gasteiger partial charge in [0.1, 0.15) is 27.6 Å². The van der Waals surface area contributed by atoms with Crippen LogP contribution < -0.4 is 39.5 Å². The molecule has 2 fully saturated rings. The molecule has 36 heteroatoms. The number of aliphatic hydroxyl groups is 4. The average Bonchev–Trinajstić information content (AvgIpc) is 1.48. The van der Waals surface area contributed by atoms with E-state index in [2.05, 4.69) is 61.6 Å². The van der Waals surface area contributed by atoms with E-state index in [0.29, 0.717) is 148 Å². The summed E-state index contributed by atoms with van der Waals surface area (Å²) in [7, 11) is 0. The number of fused-ring (bicyclic) bond motifs is 12. The molecule has 0 amide bonds. The number of nitrogens with zero attached hydrogens (tertiary/aromatic N) is 18. The molecule has 34 nitrogen and oxygen atoms in total. The van der Waals surface area contributed by atoms with Crippen molar-refractivity contribution in [3.05, 3.63) is 201 Å². The molecule has 12 aromatic rings. The molecule has 0 bridgehead atoms. The zero-order valence-corrected chi connectivity index (χ0v) is 74.3. The molecule has 0 spiro atoms. The van der Waals surface area contributed by atoms with Crippen molar-refractivity contribution in [1.29, 1.82) is 0 Å². The van der Waals surface area contributed by atoms with Crippen LogP contribution in [-0.4, -0.2) is 141 Å². The van der Waals surface area contributed by atoms with Gasteiger partial charge in [-0.2, -0.15) is 0 Å². The van der Waals surface area contributed by atoms with Crippen molar-refractivity contribution >= 4 is 117 Å². The maximum atomic E-state index is 12.2. The monoisotopic (exact) mass is 1920 g/mol. The van der Waals surface area contributed by atoms with Crippen LogP contribution in [-0.2, 0) is 115 Å². The summed E-state index contributed by atoms with van der Waals surface area (Å²) in [4.78, 5) is 25.5. The molecule has 8 atom stereocenters. The first-order chi connectivity index (χ1) is 60.1. The van der Waals surface area contributed by atoms with Crippen molar-refractivity contribution in [2.24, 2.45) is 35.5 Å². The Bertz CT molecular complexity index is 5750. The Morgan fingerprint density at radius 1 is 0.347 bits per heavy atom. The zero-order chi connectivity index (χ0) is 86.8. The Hall–Kier alpha value is -9.52. The molecule has 6 N–H and O–H groups in total. The third kappa shape index (κ3) is 21.3. The average molecular weight is 1920 g/mol. The molecular formula is C88H105I2N19O15. The second-order valence-electron chi connectivity index (χ2n) is 33.6. The quantitative estimate of drug-likeness (QED) is 0.0309. The number of ether oxygens (including phenoxy) is 4. The highest BCUT2D eigenvalue weighted by molar-refractivity contribution is 14.1. The smallest absolute Gasteiger partial charge is 0.376 e. The van der Waals surface area contributed by atoms with E-state index in [1.165, 1.54) is 62.9 Å². The first kappa shape index (κ1) is 89.3. The van der Waals surface area contributed by atoms with Crippen LogP contribution in [0.25, 0.3) is 66.2 Å². The number of rotatable bonds is 19. The Kier molecular flexibility index (Phi) is 29.4. The number of aromatic nitrogens is 18.